The van der Waals surface area contributed by atoms with E-state index < -0.39 is 6.10 Å². The van der Waals surface area contributed by atoms with Crippen molar-refractivity contribution >= 4 is 28.2 Å². The van der Waals surface area contributed by atoms with Gasteiger partial charge in [0.15, 0.2) is 0 Å². The zero-order valence-electron chi connectivity index (χ0n) is 10.8. The Labute approximate surface area is 123 Å². The molecule has 2 rings (SSSR count). The summed E-state index contributed by atoms with van der Waals surface area (Å²) in [4.78, 5) is 0. The lowest BCUT2D eigenvalue weighted by Gasteiger charge is -2.01. The van der Waals surface area contributed by atoms with Crippen LogP contribution in [0.1, 0.15) is 19.4 Å². The Balaban J connectivity index is 2.19. The third-order valence-electron chi connectivity index (χ3n) is 3.91. The van der Waals surface area contributed by atoms with Crippen molar-refractivity contribution in [3.8, 4) is 6.07 Å². The minimum Gasteiger partial charge on any atom is -0.378 e. The fourth-order valence-corrected chi connectivity index (χ4v) is 2.97. The van der Waals surface area contributed by atoms with Crippen molar-refractivity contribution in [3.63, 3.8) is 0 Å². The Kier molecular flexibility index (Phi) is 3.92. The van der Waals surface area contributed by atoms with Crippen LogP contribution in [-0.4, -0.2) is 11.2 Å². The van der Waals surface area contributed by atoms with Gasteiger partial charge in [-0.05, 0) is 29.0 Å². The fraction of sp³-hybridized carbons (Fsp3) is 0.400. The molecule has 0 aromatic heterocycles. The molecule has 0 heterocycles. The quantitative estimate of drug-likeness (QED) is 0.854. The van der Waals surface area contributed by atoms with Crippen molar-refractivity contribution < 1.29 is 5.11 Å². The predicted molar refractivity (Wildman–Crippen MR) is 77.7 cm³/mol. The fourth-order valence-electron chi connectivity index (χ4n) is 2.58. The third-order valence-corrected chi connectivity index (χ3v) is 4.51. The van der Waals surface area contributed by atoms with Gasteiger partial charge in [0.2, 0.25) is 0 Å². The first-order valence-electron chi connectivity index (χ1n) is 6.09. The van der Waals surface area contributed by atoms with Crippen LogP contribution in [0.15, 0.2) is 30.3 Å². The van der Waals surface area contributed by atoms with E-state index in [9.17, 15) is 5.11 Å². The molecule has 4 heteroatoms. The SMILES string of the molecule is CC1(C)C(C=C(Cl)c2ccc(Cl)cc2)C1C(O)C#N. The summed E-state index contributed by atoms with van der Waals surface area (Å²) >= 11 is 12.1. The molecule has 0 spiro atoms. The number of aliphatic hydroxyl groups excluding tert-OH is 1. The van der Waals surface area contributed by atoms with Gasteiger partial charge in [-0.3, -0.25) is 0 Å². The van der Waals surface area contributed by atoms with Gasteiger partial charge < -0.3 is 5.11 Å². The van der Waals surface area contributed by atoms with E-state index in [1.807, 2.05) is 38.1 Å². The lowest BCUT2D eigenvalue weighted by molar-refractivity contribution is 0.188. The standard InChI is InChI=1S/C15H15Cl2NO/c1-15(2)11(14(15)13(19)8-18)7-12(17)9-3-5-10(16)6-4-9/h3-7,11,13-14,19H,1-2H3. The Morgan fingerprint density at radius 1 is 1.42 bits per heavy atom. The second kappa shape index (κ2) is 5.17. The highest BCUT2D eigenvalue weighted by atomic mass is 35.5. The summed E-state index contributed by atoms with van der Waals surface area (Å²) in [5.74, 6) is 0.0591. The van der Waals surface area contributed by atoms with Crippen molar-refractivity contribution in [2.45, 2.75) is 20.0 Å². The molecule has 0 amide bonds. The molecule has 0 bridgehead atoms. The van der Waals surface area contributed by atoms with Gasteiger partial charge in [0.05, 0.1) is 6.07 Å². The van der Waals surface area contributed by atoms with Crippen LogP contribution in [0, 0.1) is 28.6 Å². The number of nitrogens with zero attached hydrogens (tertiary/aromatic N) is 1. The van der Waals surface area contributed by atoms with Crippen LogP contribution in [-0.2, 0) is 0 Å². The van der Waals surface area contributed by atoms with Crippen LogP contribution in [0.5, 0.6) is 0 Å². The summed E-state index contributed by atoms with van der Waals surface area (Å²) in [6.07, 6.45) is 0.988. The highest BCUT2D eigenvalue weighted by Gasteiger charge is 2.59. The molecule has 0 aliphatic heterocycles. The average Bonchev–Trinajstić information content (AvgIpc) is 2.90. The molecular weight excluding hydrogens is 281 g/mol. The zero-order valence-corrected chi connectivity index (χ0v) is 12.3. The van der Waals surface area contributed by atoms with Crippen molar-refractivity contribution in [2.24, 2.45) is 17.3 Å². The summed E-state index contributed by atoms with van der Waals surface area (Å²) < 4.78 is 0. The van der Waals surface area contributed by atoms with Crippen LogP contribution in [0.3, 0.4) is 0 Å². The number of benzene rings is 1. The molecule has 0 radical (unpaired) electrons. The minimum absolute atomic E-state index is 0.0569. The maximum atomic E-state index is 9.67. The van der Waals surface area contributed by atoms with Crippen LogP contribution in [0.4, 0.5) is 0 Å². The predicted octanol–water partition coefficient (Wildman–Crippen LogP) is 4.08. The largest absolute Gasteiger partial charge is 0.378 e. The molecule has 3 atom stereocenters. The molecule has 1 aliphatic rings. The smallest absolute Gasteiger partial charge is 0.144 e. The summed E-state index contributed by atoms with van der Waals surface area (Å²) in [6, 6.07) is 9.17. The van der Waals surface area contributed by atoms with Crippen molar-refractivity contribution in [1.82, 2.24) is 0 Å². The van der Waals surface area contributed by atoms with Gasteiger partial charge >= 0.3 is 0 Å². The first kappa shape index (κ1) is 14.4. The molecular formula is C15H15Cl2NO. The molecule has 100 valence electrons. The number of aliphatic hydroxyl groups is 1. The second-order valence-electron chi connectivity index (χ2n) is 5.47. The van der Waals surface area contributed by atoms with E-state index in [2.05, 4.69) is 0 Å². The summed E-state index contributed by atoms with van der Waals surface area (Å²) in [6.45, 7) is 4.07. The van der Waals surface area contributed by atoms with Gasteiger partial charge in [-0.1, -0.05) is 55.3 Å². The van der Waals surface area contributed by atoms with E-state index in [4.69, 9.17) is 28.5 Å². The lowest BCUT2D eigenvalue weighted by Crippen LogP contribution is -2.09. The van der Waals surface area contributed by atoms with Gasteiger partial charge in [-0.25, -0.2) is 0 Å². The Hall–Kier alpha value is -1.01. The number of nitriles is 1. The summed E-state index contributed by atoms with van der Waals surface area (Å²) in [7, 11) is 0. The molecule has 19 heavy (non-hydrogen) atoms. The molecule has 3 unspecified atom stereocenters. The maximum absolute atomic E-state index is 9.67. The highest BCUT2D eigenvalue weighted by Crippen LogP contribution is 2.61. The van der Waals surface area contributed by atoms with Crippen LogP contribution >= 0.6 is 23.2 Å². The van der Waals surface area contributed by atoms with E-state index in [0.29, 0.717) is 10.1 Å². The van der Waals surface area contributed by atoms with Crippen molar-refractivity contribution in [1.29, 1.82) is 5.26 Å². The monoisotopic (exact) mass is 295 g/mol. The van der Waals surface area contributed by atoms with E-state index in [1.165, 1.54) is 0 Å². The van der Waals surface area contributed by atoms with Crippen LogP contribution in [0.25, 0.3) is 5.03 Å². The second-order valence-corrected chi connectivity index (χ2v) is 6.31. The number of allylic oxidation sites excluding steroid dienone is 1. The topological polar surface area (TPSA) is 44.0 Å². The maximum Gasteiger partial charge on any atom is 0.144 e. The number of hydrogen-bond acceptors (Lipinski definition) is 2. The average molecular weight is 296 g/mol. The van der Waals surface area contributed by atoms with Crippen LogP contribution < -0.4 is 0 Å². The Bertz CT molecular complexity index is 542. The van der Waals surface area contributed by atoms with E-state index in [0.717, 1.165) is 5.56 Å². The van der Waals surface area contributed by atoms with Crippen molar-refractivity contribution in [2.75, 3.05) is 0 Å². The number of rotatable bonds is 3. The molecule has 1 aromatic rings. The first-order chi connectivity index (χ1) is 8.87. The van der Waals surface area contributed by atoms with Gasteiger partial charge in [-0.2, -0.15) is 5.26 Å². The zero-order chi connectivity index (χ0) is 14.2. The molecule has 1 aliphatic carbocycles. The molecule has 1 aromatic carbocycles. The van der Waals surface area contributed by atoms with Gasteiger partial charge in [0.25, 0.3) is 0 Å². The number of hydrogen-bond donors (Lipinski definition) is 1. The Morgan fingerprint density at radius 2 is 2.00 bits per heavy atom. The highest BCUT2D eigenvalue weighted by molar-refractivity contribution is 6.48. The molecule has 1 saturated carbocycles. The molecule has 1 fully saturated rings. The van der Waals surface area contributed by atoms with Gasteiger partial charge in [0.1, 0.15) is 6.10 Å². The third kappa shape index (κ3) is 2.79. The summed E-state index contributed by atoms with van der Waals surface area (Å²) in [5, 5.41) is 19.8. The van der Waals surface area contributed by atoms with Crippen LogP contribution in [0.2, 0.25) is 5.02 Å². The normalized spacial score (nSPS) is 26.6. The molecule has 0 saturated heterocycles. The minimum atomic E-state index is -0.939. The first-order valence-corrected chi connectivity index (χ1v) is 6.84. The summed E-state index contributed by atoms with van der Waals surface area (Å²) in [5.41, 5.74) is 0.792. The molecule has 1 N–H and O–H groups in total. The van der Waals surface area contributed by atoms with Crippen molar-refractivity contribution in [3.05, 3.63) is 40.9 Å². The van der Waals surface area contributed by atoms with E-state index >= 15 is 0 Å². The Morgan fingerprint density at radius 3 is 2.53 bits per heavy atom. The van der Waals surface area contributed by atoms with E-state index in [-0.39, 0.29) is 17.3 Å². The lowest BCUT2D eigenvalue weighted by atomic mass is 10.1. The molecule has 2 nitrogen and oxygen atoms in total. The van der Waals surface area contributed by atoms with Gasteiger partial charge in [-0.15, -0.1) is 0 Å². The van der Waals surface area contributed by atoms with E-state index in [1.54, 1.807) is 12.1 Å². The van der Waals surface area contributed by atoms with Gasteiger partial charge in [0, 0.05) is 16.0 Å². The number of halogens is 2.